The molecule has 0 bridgehead atoms. The van der Waals surface area contributed by atoms with Crippen LogP contribution in [0.15, 0.2) is 18.2 Å². The highest BCUT2D eigenvalue weighted by molar-refractivity contribution is 5.87. The molecule has 0 unspecified atom stereocenters. The Labute approximate surface area is 87.4 Å². The standard InChI is InChI=1S/C10H12N2O3/c1-7-3-4-8(11-6-13)5-9(7)12-10(14)15-2/h3-6H,1-2H3,(H,11,13)(H,12,14). The van der Waals surface area contributed by atoms with E-state index in [2.05, 4.69) is 15.4 Å². The third-order valence-electron chi connectivity index (χ3n) is 1.89. The first-order valence-electron chi connectivity index (χ1n) is 4.33. The molecule has 1 rings (SSSR count). The van der Waals surface area contributed by atoms with Crippen LogP contribution in [0.3, 0.4) is 0 Å². The number of aryl methyl sites for hydroxylation is 1. The Morgan fingerprint density at radius 2 is 2.20 bits per heavy atom. The van der Waals surface area contributed by atoms with Crippen molar-refractivity contribution in [3.05, 3.63) is 23.8 Å². The van der Waals surface area contributed by atoms with E-state index >= 15 is 0 Å². The molecule has 0 saturated heterocycles. The normalized spacial score (nSPS) is 9.20. The Morgan fingerprint density at radius 1 is 1.47 bits per heavy atom. The van der Waals surface area contributed by atoms with Crippen molar-refractivity contribution in [2.45, 2.75) is 6.92 Å². The zero-order valence-electron chi connectivity index (χ0n) is 8.53. The van der Waals surface area contributed by atoms with Gasteiger partial charge in [-0.2, -0.15) is 0 Å². The van der Waals surface area contributed by atoms with Crippen molar-refractivity contribution in [3.63, 3.8) is 0 Å². The Balaban J connectivity index is 2.89. The van der Waals surface area contributed by atoms with Crippen LogP contribution in [0.4, 0.5) is 16.2 Å². The van der Waals surface area contributed by atoms with Gasteiger partial charge >= 0.3 is 6.09 Å². The predicted octanol–water partition coefficient (Wildman–Crippen LogP) is 1.74. The van der Waals surface area contributed by atoms with E-state index in [-0.39, 0.29) is 0 Å². The van der Waals surface area contributed by atoms with Gasteiger partial charge < -0.3 is 10.1 Å². The third-order valence-corrected chi connectivity index (χ3v) is 1.89. The number of methoxy groups -OCH3 is 1. The molecule has 15 heavy (non-hydrogen) atoms. The largest absolute Gasteiger partial charge is 0.453 e. The summed E-state index contributed by atoms with van der Waals surface area (Å²) < 4.78 is 4.47. The predicted molar refractivity (Wildman–Crippen MR) is 56.9 cm³/mol. The lowest BCUT2D eigenvalue weighted by atomic mass is 10.2. The van der Waals surface area contributed by atoms with Crippen LogP contribution in [-0.2, 0) is 9.53 Å². The molecule has 5 heteroatoms. The second kappa shape index (κ2) is 4.99. The van der Waals surface area contributed by atoms with Gasteiger partial charge in [0, 0.05) is 11.4 Å². The maximum absolute atomic E-state index is 11.0. The first kappa shape index (κ1) is 11.0. The van der Waals surface area contributed by atoms with E-state index in [9.17, 15) is 9.59 Å². The molecule has 0 aliphatic heterocycles. The van der Waals surface area contributed by atoms with Gasteiger partial charge in [-0.15, -0.1) is 0 Å². The summed E-state index contributed by atoms with van der Waals surface area (Å²) in [6.45, 7) is 1.84. The van der Waals surface area contributed by atoms with Gasteiger partial charge in [-0.25, -0.2) is 4.79 Å². The number of hydrogen-bond donors (Lipinski definition) is 2. The summed E-state index contributed by atoms with van der Waals surface area (Å²) in [7, 11) is 1.29. The molecule has 1 aromatic rings. The third kappa shape index (κ3) is 2.98. The molecule has 2 amide bonds. The molecule has 0 radical (unpaired) electrons. The van der Waals surface area contributed by atoms with E-state index in [0.29, 0.717) is 17.8 Å². The molecule has 0 aromatic heterocycles. The first-order valence-corrected chi connectivity index (χ1v) is 4.33. The number of rotatable bonds is 3. The molecule has 0 spiro atoms. The van der Waals surface area contributed by atoms with Gasteiger partial charge in [0.2, 0.25) is 6.41 Å². The van der Waals surface area contributed by atoms with Crippen molar-refractivity contribution >= 4 is 23.9 Å². The molecule has 0 aliphatic rings. The van der Waals surface area contributed by atoms with Gasteiger partial charge in [-0.05, 0) is 24.6 Å². The zero-order valence-corrected chi connectivity index (χ0v) is 8.53. The lowest BCUT2D eigenvalue weighted by molar-refractivity contribution is -0.105. The van der Waals surface area contributed by atoms with Crippen LogP contribution in [0, 0.1) is 6.92 Å². The van der Waals surface area contributed by atoms with Crippen molar-refractivity contribution in [2.75, 3.05) is 17.7 Å². The summed E-state index contributed by atoms with van der Waals surface area (Å²) in [5, 5.41) is 5.04. The lowest BCUT2D eigenvalue weighted by Gasteiger charge is -2.08. The first-order chi connectivity index (χ1) is 7.17. The van der Waals surface area contributed by atoms with Crippen molar-refractivity contribution in [3.8, 4) is 0 Å². The molecular weight excluding hydrogens is 196 g/mol. The molecule has 0 fully saturated rings. The van der Waals surface area contributed by atoms with Crippen molar-refractivity contribution in [1.29, 1.82) is 0 Å². The van der Waals surface area contributed by atoms with Gasteiger partial charge in [-0.1, -0.05) is 6.07 Å². The van der Waals surface area contributed by atoms with Gasteiger partial charge in [0.1, 0.15) is 0 Å². The molecule has 1 aromatic carbocycles. The minimum atomic E-state index is -0.540. The van der Waals surface area contributed by atoms with Crippen LogP contribution in [0.2, 0.25) is 0 Å². The minimum Gasteiger partial charge on any atom is -0.453 e. The molecule has 5 nitrogen and oxygen atoms in total. The Kier molecular flexibility index (Phi) is 3.68. The Hall–Kier alpha value is -2.04. The molecule has 80 valence electrons. The average molecular weight is 208 g/mol. The smallest absolute Gasteiger partial charge is 0.411 e. The van der Waals surface area contributed by atoms with Crippen LogP contribution in [0.5, 0.6) is 0 Å². The Bertz CT molecular complexity index is 377. The van der Waals surface area contributed by atoms with E-state index in [1.807, 2.05) is 6.92 Å². The highest BCUT2D eigenvalue weighted by Gasteiger charge is 2.04. The number of hydrogen-bond acceptors (Lipinski definition) is 3. The zero-order chi connectivity index (χ0) is 11.3. The van der Waals surface area contributed by atoms with Crippen LogP contribution in [0.25, 0.3) is 0 Å². The number of carbonyl (C=O) groups is 2. The van der Waals surface area contributed by atoms with Crippen LogP contribution >= 0.6 is 0 Å². The van der Waals surface area contributed by atoms with E-state index < -0.39 is 6.09 Å². The number of anilines is 2. The number of benzene rings is 1. The van der Waals surface area contributed by atoms with E-state index in [1.54, 1.807) is 18.2 Å². The van der Waals surface area contributed by atoms with Crippen LogP contribution < -0.4 is 10.6 Å². The van der Waals surface area contributed by atoms with Crippen molar-refractivity contribution < 1.29 is 14.3 Å². The second-order valence-electron chi connectivity index (χ2n) is 2.91. The highest BCUT2D eigenvalue weighted by Crippen LogP contribution is 2.19. The maximum atomic E-state index is 11.0. The summed E-state index contributed by atoms with van der Waals surface area (Å²) in [5.74, 6) is 0. The number of nitrogens with one attached hydrogen (secondary N) is 2. The van der Waals surface area contributed by atoms with Crippen molar-refractivity contribution in [2.24, 2.45) is 0 Å². The van der Waals surface area contributed by atoms with Gasteiger partial charge in [0.25, 0.3) is 0 Å². The number of ether oxygens (including phenoxy) is 1. The lowest BCUT2D eigenvalue weighted by Crippen LogP contribution is -2.12. The van der Waals surface area contributed by atoms with Crippen molar-refractivity contribution in [1.82, 2.24) is 0 Å². The fourth-order valence-corrected chi connectivity index (χ4v) is 1.08. The summed E-state index contributed by atoms with van der Waals surface area (Å²) >= 11 is 0. The van der Waals surface area contributed by atoms with Gasteiger partial charge in [0.15, 0.2) is 0 Å². The number of carbonyl (C=O) groups excluding carboxylic acids is 2. The number of amides is 2. The minimum absolute atomic E-state index is 0.540. The van der Waals surface area contributed by atoms with Crippen LogP contribution in [-0.4, -0.2) is 19.6 Å². The molecule has 0 aliphatic carbocycles. The molecule has 0 saturated carbocycles. The molecular formula is C10H12N2O3. The fourth-order valence-electron chi connectivity index (χ4n) is 1.08. The van der Waals surface area contributed by atoms with Gasteiger partial charge in [0.05, 0.1) is 7.11 Å². The quantitative estimate of drug-likeness (QED) is 0.743. The summed E-state index contributed by atoms with van der Waals surface area (Å²) in [6, 6.07) is 5.18. The van der Waals surface area contributed by atoms with E-state index in [4.69, 9.17) is 0 Å². The maximum Gasteiger partial charge on any atom is 0.411 e. The monoisotopic (exact) mass is 208 g/mol. The average Bonchev–Trinajstić information content (AvgIpc) is 2.23. The second-order valence-corrected chi connectivity index (χ2v) is 2.91. The molecule has 0 heterocycles. The van der Waals surface area contributed by atoms with E-state index in [1.165, 1.54) is 7.11 Å². The molecule has 2 N–H and O–H groups in total. The van der Waals surface area contributed by atoms with E-state index in [0.717, 1.165) is 5.56 Å². The summed E-state index contributed by atoms with van der Waals surface area (Å²) in [4.78, 5) is 21.2. The van der Waals surface area contributed by atoms with Gasteiger partial charge in [-0.3, -0.25) is 10.1 Å². The fraction of sp³-hybridized carbons (Fsp3) is 0.200. The summed E-state index contributed by atoms with van der Waals surface area (Å²) in [5.41, 5.74) is 2.10. The van der Waals surface area contributed by atoms with Crippen LogP contribution in [0.1, 0.15) is 5.56 Å². The Morgan fingerprint density at radius 3 is 2.80 bits per heavy atom. The highest BCUT2D eigenvalue weighted by atomic mass is 16.5. The SMILES string of the molecule is COC(=O)Nc1cc(NC=O)ccc1C. The summed E-state index contributed by atoms with van der Waals surface area (Å²) in [6.07, 6.45) is 0.0356. The molecule has 0 atom stereocenters. The topological polar surface area (TPSA) is 67.4 Å².